The molecule has 1 rings (SSSR count). The van der Waals surface area contributed by atoms with Crippen LogP contribution in [0.25, 0.3) is 0 Å². The van der Waals surface area contributed by atoms with Gasteiger partial charge in [0.15, 0.2) is 0 Å². The number of nitrogens with zero attached hydrogens (tertiary/aromatic N) is 1. The maximum absolute atomic E-state index is 12.2. The van der Waals surface area contributed by atoms with Gasteiger partial charge in [-0.3, -0.25) is 4.79 Å². The molecule has 0 aromatic rings. The van der Waals surface area contributed by atoms with Gasteiger partial charge in [0.05, 0.1) is 0 Å². The number of aliphatic carboxylic acids is 1. The van der Waals surface area contributed by atoms with E-state index in [2.05, 4.69) is 5.32 Å². The van der Waals surface area contributed by atoms with Crippen LogP contribution in [0.1, 0.15) is 40.5 Å². The average molecular weight is 286 g/mol. The molecule has 2 atom stereocenters. The normalized spacial score (nSPS) is 20.4. The summed E-state index contributed by atoms with van der Waals surface area (Å²) in [6.07, 6.45) is 0.409. The minimum atomic E-state index is -1.01. The highest BCUT2D eigenvalue weighted by molar-refractivity contribution is 5.89. The summed E-state index contributed by atoms with van der Waals surface area (Å²) < 4.78 is 5.06. The van der Waals surface area contributed by atoms with Crippen molar-refractivity contribution >= 4 is 18.0 Å². The van der Waals surface area contributed by atoms with Crippen LogP contribution in [0.2, 0.25) is 0 Å². The summed E-state index contributed by atoms with van der Waals surface area (Å²) in [4.78, 5) is 36.1. The number of likely N-dealkylation sites (tertiary alicyclic amines) is 1. The Morgan fingerprint density at radius 1 is 1.35 bits per heavy atom. The van der Waals surface area contributed by atoms with Crippen LogP contribution in [-0.2, 0) is 14.3 Å². The number of carboxylic acids is 1. The van der Waals surface area contributed by atoms with Gasteiger partial charge in [0.25, 0.3) is 0 Å². The summed E-state index contributed by atoms with van der Waals surface area (Å²) in [5.74, 6) is -1.42. The van der Waals surface area contributed by atoms with E-state index in [4.69, 9.17) is 9.84 Å². The van der Waals surface area contributed by atoms with E-state index in [9.17, 15) is 14.4 Å². The molecule has 1 saturated heterocycles. The monoisotopic (exact) mass is 286 g/mol. The van der Waals surface area contributed by atoms with Gasteiger partial charge in [0.2, 0.25) is 5.91 Å². The zero-order chi connectivity index (χ0) is 15.5. The summed E-state index contributed by atoms with van der Waals surface area (Å²) in [5, 5.41) is 11.5. The molecule has 2 N–H and O–H groups in total. The lowest BCUT2D eigenvalue weighted by molar-refractivity contribution is -0.148. The lowest BCUT2D eigenvalue weighted by Gasteiger charge is -2.26. The van der Waals surface area contributed by atoms with Crippen LogP contribution in [-0.4, -0.2) is 52.2 Å². The van der Waals surface area contributed by atoms with Gasteiger partial charge < -0.3 is 20.1 Å². The smallest absolute Gasteiger partial charge is 0.408 e. The molecule has 114 valence electrons. The second-order valence-electron chi connectivity index (χ2n) is 5.90. The average Bonchev–Trinajstić information content (AvgIpc) is 2.73. The zero-order valence-corrected chi connectivity index (χ0v) is 12.3. The number of nitrogens with one attached hydrogen (secondary N) is 1. The van der Waals surface area contributed by atoms with Gasteiger partial charge in [0.1, 0.15) is 17.7 Å². The van der Waals surface area contributed by atoms with E-state index >= 15 is 0 Å². The van der Waals surface area contributed by atoms with Crippen molar-refractivity contribution in [2.24, 2.45) is 0 Å². The molecule has 0 saturated carbocycles. The third-order valence-electron chi connectivity index (χ3n) is 2.92. The third kappa shape index (κ3) is 4.40. The number of carboxylic acid groups (broad SMARTS) is 1. The number of rotatable bonds is 3. The molecule has 0 bridgehead atoms. The molecule has 1 aliphatic rings. The molecule has 2 amide bonds. The first-order valence-electron chi connectivity index (χ1n) is 6.64. The van der Waals surface area contributed by atoms with Gasteiger partial charge in [-0.2, -0.15) is 0 Å². The Morgan fingerprint density at radius 2 is 1.95 bits per heavy atom. The summed E-state index contributed by atoms with van der Waals surface area (Å²) in [7, 11) is 0. The minimum Gasteiger partial charge on any atom is -0.480 e. The molecule has 7 heteroatoms. The number of hydrogen-bond donors (Lipinski definition) is 2. The highest BCUT2D eigenvalue weighted by Crippen LogP contribution is 2.18. The quantitative estimate of drug-likeness (QED) is 0.806. The molecule has 0 aromatic carbocycles. The van der Waals surface area contributed by atoms with Crippen LogP contribution in [0.15, 0.2) is 0 Å². The Labute approximate surface area is 118 Å². The van der Waals surface area contributed by atoms with Crippen molar-refractivity contribution in [3.63, 3.8) is 0 Å². The largest absolute Gasteiger partial charge is 0.480 e. The molecule has 1 fully saturated rings. The maximum atomic E-state index is 12.2. The van der Waals surface area contributed by atoms with Crippen LogP contribution in [0.5, 0.6) is 0 Å². The molecule has 0 spiro atoms. The third-order valence-corrected chi connectivity index (χ3v) is 2.92. The highest BCUT2D eigenvalue weighted by atomic mass is 16.6. The van der Waals surface area contributed by atoms with Gasteiger partial charge >= 0.3 is 12.1 Å². The predicted octanol–water partition coefficient (Wildman–Crippen LogP) is 0.975. The summed E-state index contributed by atoms with van der Waals surface area (Å²) >= 11 is 0. The SMILES string of the molecule is C[C@H](NC(=O)OC(C)(C)C)C(=O)N1CCC[C@@H]1C(=O)O. The molecule has 7 nitrogen and oxygen atoms in total. The summed E-state index contributed by atoms with van der Waals surface area (Å²) in [6.45, 7) is 7.08. The van der Waals surface area contributed by atoms with Gasteiger partial charge in [-0.1, -0.05) is 0 Å². The molecule has 0 aromatic heterocycles. The Kier molecular flexibility index (Phi) is 4.97. The van der Waals surface area contributed by atoms with Crippen molar-refractivity contribution in [2.45, 2.75) is 58.2 Å². The van der Waals surface area contributed by atoms with Gasteiger partial charge in [-0.15, -0.1) is 0 Å². The van der Waals surface area contributed by atoms with E-state index in [0.717, 1.165) is 0 Å². The summed E-state index contributed by atoms with van der Waals surface area (Å²) in [6, 6.07) is -1.62. The van der Waals surface area contributed by atoms with Gasteiger partial charge in [-0.05, 0) is 40.5 Å². The zero-order valence-electron chi connectivity index (χ0n) is 12.3. The van der Waals surface area contributed by atoms with Crippen LogP contribution in [0, 0.1) is 0 Å². The Balaban J connectivity index is 2.59. The highest BCUT2D eigenvalue weighted by Gasteiger charge is 2.36. The number of alkyl carbamates (subject to hydrolysis) is 1. The number of hydrogen-bond acceptors (Lipinski definition) is 4. The van der Waals surface area contributed by atoms with Crippen LogP contribution >= 0.6 is 0 Å². The fourth-order valence-corrected chi connectivity index (χ4v) is 2.08. The molecular weight excluding hydrogens is 264 g/mol. The van der Waals surface area contributed by atoms with E-state index in [1.54, 1.807) is 20.8 Å². The standard InChI is InChI=1S/C13H22N2O5/c1-8(14-12(19)20-13(2,3)4)10(16)15-7-5-6-9(15)11(17)18/h8-9H,5-7H2,1-4H3,(H,14,19)(H,17,18)/t8-,9+/m0/s1. The van der Waals surface area contributed by atoms with E-state index < -0.39 is 35.7 Å². The Hall–Kier alpha value is -1.79. The predicted molar refractivity (Wildman–Crippen MR) is 71.2 cm³/mol. The number of carbonyl (C=O) groups is 3. The summed E-state index contributed by atoms with van der Waals surface area (Å²) in [5.41, 5.74) is -0.649. The molecule has 1 heterocycles. The maximum Gasteiger partial charge on any atom is 0.408 e. The lowest BCUT2D eigenvalue weighted by atomic mass is 10.2. The van der Waals surface area contributed by atoms with Gasteiger partial charge in [0, 0.05) is 6.54 Å². The molecule has 0 unspecified atom stereocenters. The topological polar surface area (TPSA) is 95.9 Å². The first-order chi connectivity index (χ1) is 9.11. The molecule has 0 radical (unpaired) electrons. The lowest BCUT2D eigenvalue weighted by Crippen LogP contribution is -2.51. The van der Waals surface area contributed by atoms with Gasteiger partial charge in [-0.25, -0.2) is 9.59 Å². The van der Waals surface area contributed by atoms with Crippen molar-refractivity contribution in [2.75, 3.05) is 6.54 Å². The van der Waals surface area contributed by atoms with Crippen molar-refractivity contribution in [1.29, 1.82) is 0 Å². The van der Waals surface area contributed by atoms with E-state index in [0.29, 0.717) is 19.4 Å². The van der Waals surface area contributed by atoms with Crippen molar-refractivity contribution in [1.82, 2.24) is 10.2 Å². The molecular formula is C13H22N2O5. The molecule has 1 aliphatic heterocycles. The van der Waals surface area contributed by atoms with Crippen LogP contribution in [0.3, 0.4) is 0 Å². The second-order valence-corrected chi connectivity index (χ2v) is 5.90. The van der Waals surface area contributed by atoms with E-state index in [-0.39, 0.29) is 0 Å². The van der Waals surface area contributed by atoms with Crippen LogP contribution in [0.4, 0.5) is 4.79 Å². The van der Waals surface area contributed by atoms with Crippen molar-refractivity contribution in [3.8, 4) is 0 Å². The van der Waals surface area contributed by atoms with E-state index in [1.165, 1.54) is 11.8 Å². The Bertz CT molecular complexity index is 402. The minimum absolute atomic E-state index is 0.399. The first kappa shape index (κ1) is 16.3. The number of carbonyl (C=O) groups excluding carboxylic acids is 2. The number of ether oxygens (including phenoxy) is 1. The number of amides is 2. The molecule has 0 aliphatic carbocycles. The molecule has 20 heavy (non-hydrogen) atoms. The fraction of sp³-hybridized carbons (Fsp3) is 0.769. The van der Waals surface area contributed by atoms with E-state index in [1.807, 2.05) is 0 Å². The second kappa shape index (κ2) is 6.11. The first-order valence-corrected chi connectivity index (χ1v) is 6.64. The Morgan fingerprint density at radius 3 is 2.45 bits per heavy atom. The van der Waals surface area contributed by atoms with Crippen molar-refractivity contribution < 1.29 is 24.2 Å². The van der Waals surface area contributed by atoms with Crippen LogP contribution < -0.4 is 5.32 Å². The fourth-order valence-electron chi connectivity index (χ4n) is 2.08. The van der Waals surface area contributed by atoms with Crippen molar-refractivity contribution in [3.05, 3.63) is 0 Å².